The van der Waals surface area contributed by atoms with Crippen molar-refractivity contribution in [1.82, 2.24) is 9.91 Å². The molecule has 2 aromatic rings. The molecule has 3 heteroatoms. The Bertz CT molecular complexity index is 677. The molecule has 0 unspecified atom stereocenters. The lowest BCUT2D eigenvalue weighted by molar-refractivity contribution is 0.176. The Morgan fingerprint density at radius 2 is 1.64 bits per heavy atom. The molecular weight excluding hydrogens is 306 g/mol. The largest absolute Gasteiger partial charge is 0.305 e. The zero-order valence-corrected chi connectivity index (χ0v) is 15.3. The first-order valence-electron chi connectivity index (χ1n) is 9.62. The third kappa shape index (κ3) is 3.88. The summed E-state index contributed by atoms with van der Waals surface area (Å²) >= 11 is 0. The van der Waals surface area contributed by atoms with E-state index >= 15 is 0 Å². The third-order valence-corrected chi connectivity index (χ3v) is 5.78. The minimum Gasteiger partial charge on any atom is -0.305 e. The van der Waals surface area contributed by atoms with Crippen molar-refractivity contribution < 1.29 is 0 Å². The number of hydrogen-bond donors (Lipinski definition) is 0. The van der Waals surface area contributed by atoms with Crippen LogP contribution in [0.2, 0.25) is 0 Å². The SMILES string of the molecule is CN1Cc2ccccc2N1CC1CCN(CCc2ccccc2)CC1. The maximum atomic E-state index is 2.64. The molecule has 0 aromatic heterocycles. The highest BCUT2D eigenvalue weighted by atomic mass is 15.6. The lowest BCUT2D eigenvalue weighted by Crippen LogP contribution is -2.42. The van der Waals surface area contributed by atoms with Gasteiger partial charge in [0.2, 0.25) is 0 Å². The highest BCUT2D eigenvalue weighted by Gasteiger charge is 2.28. The highest BCUT2D eigenvalue weighted by Crippen LogP contribution is 2.32. The van der Waals surface area contributed by atoms with Gasteiger partial charge in [0, 0.05) is 26.7 Å². The van der Waals surface area contributed by atoms with Crippen molar-refractivity contribution in [2.75, 3.05) is 38.2 Å². The van der Waals surface area contributed by atoms with Crippen molar-refractivity contribution in [2.24, 2.45) is 5.92 Å². The fraction of sp³-hybridized carbons (Fsp3) is 0.455. The predicted octanol–water partition coefficient (Wildman–Crippen LogP) is 3.81. The molecule has 0 N–H and O–H groups in total. The van der Waals surface area contributed by atoms with E-state index in [1.54, 1.807) is 0 Å². The lowest BCUT2D eigenvalue weighted by Gasteiger charge is -2.36. The number of anilines is 1. The predicted molar refractivity (Wildman–Crippen MR) is 105 cm³/mol. The highest BCUT2D eigenvalue weighted by molar-refractivity contribution is 5.55. The summed E-state index contributed by atoms with van der Waals surface area (Å²) in [4.78, 5) is 2.64. The number of benzene rings is 2. The molecule has 1 saturated heterocycles. The molecule has 0 bridgehead atoms. The Labute approximate surface area is 151 Å². The standard InChI is InChI=1S/C22H29N3/c1-23-18-21-9-5-6-10-22(21)25(23)17-20-12-15-24(16-13-20)14-11-19-7-3-2-4-8-19/h2-10,20H,11-18H2,1H3. The van der Waals surface area contributed by atoms with Crippen LogP contribution in [0.25, 0.3) is 0 Å². The maximum Gasteiger partial charge on any atom is 0.0568 e. The molecule has 132 valence electrons. The normalized spacial score (nSPS) is 19.3. The first-order chi connectivity index (χ1) is 12.3. The summed E-state index contributed by atoms with van der Waals surface area (Å²) in [6.45, 7) is 5.91. The lowest BCUT2D eigenvalue weighted by atomic mass is 9.96. The van der Waals surface area contributed by atoms with Crippen molar-refractivity contribution in [1.29, 1.82) is 0 Å². The second-order valence-electron chi connectivity index (χ2n) is 7.55. The number of rotatable bonds is 5. The van der Waals surface area contributed by atoms with Crippen LogP contribution in [0.1, 0.15) is 24.0 Å². The van der Waals surface area contributed by atoms with E-state index in [-0.39, 0.29) is 0 Å². The molecule has 2 aliphatic rings. The summed E-state index contributed by atoms with van der Waals surface area (Å²) < 4.78 is 0. The molecule has 0 amide bonds. The van der Waals surface area contributed by atoms with E-state index < -0.39 is 0 Å². The summed E-state index contributed by atoms with van der Waals surface area (Å²) in [6, 6.07) is 19.7. The van der Waals surface area contributed by atoms with E-state index in [1.807, 2.05) is 0 Å². The molecule has 25 heavy (non-hydrogen) atoms. The van der Waals surface area contributed by atoms with Gasteiger partial charge in [-0.1, -0.05) is 48.5 Å². The van der Waals surface area contributed by atoms with Gasteiger partial charge in [-0.25, -0.2) is 5.01 Å². The number of para-hydroxylation sites is 1. The van der Waals surface area contributed by atoms with Crippen LogP contribution in [-0.4, -0.2) is 43.1 Å². The minimum atomic E-state index is 0.807. The molecule has 2 aliphatic heterocycles. The fourth-order valence-electron chi connectivity index (χ4n) is 4.22. The van der Waals surface area contributed by atoms with Gasteiger partial charge in [0.05, 0.1) is 5.69 Å². The van der Waals surface area contributed by atoms with E-state index in [4.69, 9.17) is 0 Å². The Balaban J connectivity index is 1.27. The van der Waals surface area contributed by atoms with Gasteiger partial charge in [0.1, 0.15) is 0 Å². The summed E-state index contributed by atoms with van der Waals surface area (Å²) in [5, 5.41) is 4.88. The van der Waals surface area contributed by atoms with Gasteiger partial charge in [-0.3, -0.25) is 0 Å². The van der Waals surface area contributed by atoms with Gasteiger partial charge in [0.25, 0.3) is 0 Å². The quantitative estimate of drug-likeness (QED) is 0.823. The van der Waals surface area contributed by atoms with Crippen LogP contribution in [0.5, 0.6) is 0 Å². The molecule has 2 aromatic carbocycles. The summed E-state index contributed by atoms with van der Waals surface area (Å²) in [5.74, 6) is 0.807. The average molecular weight is 335 g/mol. The molecule has 0 saturated carbocycles. The Morgan fingerprint density at radius 1 is 0.920 bits per heavy atom. The molecule has 0 spiro atoms. The van der Waals surface area contributed by atoms with Crippen molar-refractivity contribution in [2.45, 2.75) is 25.8 Å². The van der Waals surface area contributed by atoms with Crippen molar-refractivity contribution in [3.05, 3.63) is 65.7 Å². The van der Waals surface area contributed by atoms with Crippen LogP contribution in [0, 0.1) is 5.92 Å². The minimum absolute atomic E-state index is 0.807. The topological polar surface area (TPSA) is 9.72 Å². The van der Waals surface area contributed by atoms with Crippen LogP contribution in [0.4, 0.5) is 5.69 Å². The maximum absolute atomic E-state index is 2.64. The number of likely N-dealkylation sites (tertiary alicyclic amines) is 1. The first-order valence-corrected chi connectivity index (χ1v) is 9.62. The fourth-order valence-corrected chi connectivity index (χ4v) is 4.22. The van der Waals surface area contributed by atoms with Crippen molar-refractivity contribution >= 4 is 5.69 Å². The zero-order chi connectivity index (χ0) is 17.1. The van der Waals surface area contributed by atoms with E-state index in [0.29, 0.717) is 0 Å². The monoisotopic (exact) mass is 335 g/mol. The van der Waals surface area contributed by atoms with E-state index in [0.717, 1.165) is 12.5 Å². The van der Waals surface area contributed by atoms with Gasteiger partial charge < -0.3 is 9.91 Å². The van der Waals surface area contributed by atoms with Crippen LogP contribution in [0.3, 0.4) is 0 Å². The van der Waals surface area contributed by atoms with Gasteiger partial charge >= 0.3 is 0 Å². The third-order valence-electron chi connectivity index (χ3n) is 5.78. The number of nitrogens with zero attached hydrogens (tertiary/aromatic N) is 3. The molecule has 3 nitrogen and oxygen atoms in total. The molecule has 0 radical (unpaired) electrons. The van der Waals surface area contributed by atoms with Gasteiger partial charge in [0.15, 0.2) is 0 Å². The van der Waals surface area contributed by atoms with Crippen LogP contribution in [-0.2, 0) is 13.0 Å². The van der Waals surface area contributed by atoms with Gasteiger partial charge in [-0.15, -0.1) is 0 Å². The summed E-state index contributed by atoms with van der Waals surface area (Å²) in [7, 11) is 2.22. The van der Waals surface area contributed by atoms with Gasteiger partial charge in [-0.2, -0.15) is 0 Å². The average Bonchev–Trinajstić information content (AvgIpc) is 2.97. The molecule has 4 rings (SSSR count). The smallest absolute Gasteiger partial charge is 0.0568 e. The molecule has 2 heterocycles. The van der Waals surface area contributed by atoms with Gasteiger partial charge in [-0.05, 0) is 55.5 Å². The van der Waals surface area contributed by atoms with Crippen LogP contribution in [0.15, 0.2) is 54.6 Å². The Morgan fingerprint density at radius 3 is 2.44 bits per heavy atom. The number of piperidine rings is 1. The number of hydrazine groups is 1. The van der Waals surface area contributed by atoms with E-state index in [9.17, 15) is 0 Å². The molecule has 1 fully saturated rings. The second kappa shape index (κ2) is 7.59. The van der Waals surface area contributed by atoms with E-state index in [1.165, 1.54) is 62.3 Å². The van der Waals surface area contributed by atoms with Crippen molar-refractivity contribution in [3.8, 4) is 0 Å². The Hall–Kier alpha value is -1.84. The molecule has 0 atom stereocenters. The molecule has 0 aliphatic carbocycles. The number of fused-ring (bicyclic) bond motifs is 1. The van der Waals surface area contributed by atoms with E-state index in [2.05, 4.69) is 76.6 Å². The number of hydrogen-bond acceptors (Lipinski definition) is 3. The Kier molecular flexibility index (Phi) is 5.04. The van der Waals surface area contributed by atoms with Crippen LogP contribution >= 0.6 is 0 Å². The zero-order valence-electron chi connectivity index (χ0n) is 15.3. The first kappa shape index (κ1) is 16.6. The summed E-state index contributed by atoms with van der Waals surface area (Å²) in [6.07, 6.45) is 3.82. The summed E-state index contributed by atoms with van der Waals surface area (Å²) in [5.41, 5.74) is 4.33. The van der Waals surface area contributed by atoms with Crippen molar-refractivity contribution in [3.63, 3.8) is 0 Å². The van der Waals surface area contributed by atoms with Crippen LogP contribution < -0.4 is 5.01 Å². The molecular formula is C22H29N3. The second-order valence-corrected chi connectivity index (χ2v) is 7.55.